The van der Waals surface area contributed by atoms with Gasteiger partial charge in [-0.2, -0.15) is 0 Å². The van der Waals surface area contributed by atoms with Crippen LogP contribution in [0.2, 0.25) is 0 Å². The lowest BCUT2D eigenvalue weighted by Gasteiger charge is -2.04. The predicted molar refractivity (Wildman–Crippen MR) is 69.4 cm³/mol. The van der Waals surface area contributed by atoms with Gasteiger partial charge in [0.05, 0.1) is 4.22 Å². The summed E-state index contributed by atoms with van der Waals surface area (Å²) in [4.78, 5) is 4.78. The van der Waals surface area contributed by atoms with Crippen LogP contribution in [0, 0.1) is 12.7 Å². The van der Waals surface area contributed by atoms with Gasteiger partial charge in [-0.25, -0.2) is 9.38 Å². The van der Waals surface area contributed by atoms with Gasteiger partial charge in [0, 0.05) is 4.90 Å². The minimum absolute atomic E-state index is 0.290. The summed E-state index contributed by atoms with van der Waals surface area (Å²) >= 11 is 3.34. The van der Waals surface area contributed by atoms with E-state index in [2.05, 4.69) is 11.6 Å². The molecule has 0 fully saturated rings. The monoisotopic (exact) mass is 321 g/mol. The molecule has 0 spiro atoms. The van der Waals surface area contributed by atoms with Gasteiger partial charge >= 0.3 is 0 Å². The molecule has 14 heavy (non-hydrogen) atoms. The minimum Gasteiger partial charge on any atom is -0.246 e. The number of hydrogen-bond acceptors (Lipinski definition) is 2. The zero-order valence-corrected chi connectivity index (χ0v) is 10.6. The fourth-order valence-electron chi connectivity index (χ4n) is 1.06. The molecule has 0 heterocycles. The van der Waals surface area contributed by atoms with Crippen LogP contribution in [-0.4, -0.2) is 4.22 Å². The average molecular weight is 321 g/mol. The summed E-state index contributed by atoms with van der Waals surface area (Å²) in [5.41, 5.74) is 1.27. The van der Waals surface area contributed by atoms with E-state index in [4.69, 9.17) is 0 Å². The van der Waals surface area contributed by atoms with E-state index in [9.17, 15) is 4.39 Å². The average Bonchev–Trinajstić information content (AvgIpc) is 2.11. The molecule has 0 aromatic heterocycles. The SMILES string of the molecule is C=CSc1cc(C)cc(F)c1/N=C/I. The van der Waals surface area contributed by atoms with Crippen molar-refractivity contribution in [2.45, 2.75) is 11.8 Å². The first-order chi connectivity index (χ1) is 6.69. The first-order valence-corrected chi connectivity index (χ1v) is 6.02. The van der Waals surface area contributed by atoms with Crippen molar-refractivity contribution in [3.8, 4) is 0 Å². The Morgan fingerprint density at radius 1 is 1.57 bits per heavy atom. The fraction of sp³-hybridized carbons (Fsp3) is 0.100. The number of rotatable bonds is 3. The molecule has 0 bridgehead atoms. The van der Waals surface area contributed by atoms with Crippen LogP contribution in [0.25, 0.3) is 0 Å². The Kier molecular flexibility index (Phi) is 4.60. The molecule has 0 saturated carbocycles. The van der Waals surface area contributed by atoms with Gasteiger partial charge in [-0.15, -0.1) is 0 Å². The highest BCUT2D eigenvalue weighted by Gasteiger charge is 2.07. The predicted octanol–water partition coefficient (Wildman–Crippen LogP) is 4.46. The third-order valence-corrected chi connectivity index (χ3v) is 2.57. The zero-order valence-electron chi connectivity index (χ0n) is 7.63. The van der Waals surface area contributed by atoms with Crippen molar-refractivity contribution in [1.82, 2.24) is 0 Å². The Bertz CT molecular complexity index is 377. The van der Waals surface area contributed by atoms with E-state index in [-0.39, 0.29) is 5.82 Å². The second kappa shape index (κ2) is 5.50. The molecule has 1 aromatic rings. The topological polar surface area (TPSA) is 12.4 Å². The summed E-state index contributed by atoms with van der Waals surface area (Å²) in [7, 11) is 0. The summed E-state index contributed by atoms with van der Waals surface area (Å²) in [6.07, 6.45) is 0. The van der Waals surface area contributed by atoms with Gasteiger partial charge in [0.2, 0.25) is 0 Å². The molecule has 0 saturated heterocycles. The Labute approximate surface area is 101 Å². The van der Waals surface area contributed by atoms with Crippen LogP contribution >= 0.6 is 34.4 Å². The summed E-state index contributed by atoms with van der Waals surface area (Å²) in [5.74, 6) is -0.290. The van der Waals surface area contributed by atoms with Crippen LogP contribution in [0.3, 0.4) is 0 Å². The Morgan fingerprint density at radius 2 is 2.29 bits per heavy atom. The normalized spacial score (nSPS) is 10.8. The highest BCUT2D eigenvalue weighted by atomic mass is 127. The molecule has 1 nitrogen and oxygen atoms in total. The van der Waals surface area contributed by atoms with Crippen LogP contribution in [0.1, 0.15) is 5.56 Å². The molecule has 0 unspecified atom stereocenters. The smallest absolute Gasteiger partial charge is 0.150 e. The molecule has 4 heteroatoms. The zero-order chi connectivity index (χ0) is 10.6. The fourth-order valence-corrected chi connectivity index (χ4v) is 2.03. The highest BCUT2D eigenvalue weighted by Crippen LogP contribution is 2.33. The quantitative estimate of drug-likeness (QED) is 0.455. The van der Waals surface area contributed by atoms with Crippen molar-refractivity contribution in [3.05, 3.63) is 35.5 Å². The highest BCUT2D eigenvalue weighted by molar-refractivity contribution is 14.1. The summed E-state index contributed by atoms with van der Waals surface area (Å²) in [6, 6.07) is 3.38. The van der Waals surface area contributed by atoms with E-state index >= 15 is 0 Å². The second-order valence-electron chi connectivity index (χ2n) is 2.60. The number of aryl methyl sites for hydroxylation is 1. The first-order valence-electron chi connectivity index (χ1n) is 3.89. The van der Waals surface area contributed by atoms with Crippen LogP contribution in [-0.2, 0) is 0 Å². The lowest BCUT2D eigenvalue weighted by atomic mass is 10.2. The molecule has 0 aliphatic heterocycles. The van der Waals surface area contributed by atoms with Crippen molar-refractivity contribution >= 4 is 44.3 Å². The molecule has 74 valence electrons. The number of aliphatic imine (C=N–C) groups is 1. The number of halogens is 2. The molecule has 1 rings (SSSR count). The van der Waals surface area contributed by atoms with Crippen molar-refractivity contribution in [1.29, 1.82) is 0 Å². The maximum absolute atomic E-state index is 13.5. The molecule has 1 aromatic carbocycles. The maximum atomic E-state index is 13.5. The molecular formula is C10H9FINS. The van der Waals surface area contributed by atoms with E-state index in [1.54, 1.807) is 9.63 Å². The largest absolute Gasteiger partial charge is 0.246 e. The van der Waals surface area contributed by atoms with Crippen molar-refractivity contribution in [2.24, 2.45) is 4.99 Å². The van der Waals surface area contributed by atoms with Gasteiger partial charge in [0.1, 0.15) is 11.5 Å². The van der Waals surface area contributed by atoms with Crippen LogP contribution in [0.5, 0.6) is 0 Å². The minimum atomic E-state index is -0.290. The molecule has 0 amide bonds. The van der Waals surface area contributed by atoms with Gasteiger partial charge in [-0.05, 0) is 52.6 Å². The molecule has 0 aliphatic carbocycles. The third kappa shape index (κ3) is 2.81. The summed E-state index contributed by atoms with van der Waals surface area (Å²) < 4.78 is 15.0. The molecule has 0 radical (unpaired) electrons. The van der Waals surface area contributed by atoms with Crippen molar-refractivity contribution < 1.29 is 4.39 Å². The van der Waals surface area contributed by atoms with Crippen molar-refractivity contribution in [2.75, 3.05) is 0 Å². The van der Waals surface area contributed by atoms with Crippen LogP contribution in [0.15, 0.2) is 34.0 Å². The molecule has 0 N–H and O–H groups in total. The maximum Gasteiger partial charge on any atom is 0.150 e. The van der Waals surface area contributed by atoms with E-state index in [0.29, 0.717) is 5.69 Å². The summed E-state index contributed by atoms with van der Waals surface area (Å²) in [5, 5.41) is 1.67. The lowest BCUT2D eigenvalue weighted by molar-refractivity contribution is 0.625. The van der Waals surface area contributed by atoms with Crippen LogP contribution < -0.4 is 0 Å². The van der Waals surface area contributed by atoms with Gasteiger partial charge in [0.25, 0.3) is 0 Å². The number of thioether (sulfide) groups is 1. The van der Waals surface area contributed by atoms with Gasteiger partial charge in [0.15, 0.2) is 0 Å². The standard InChI is InChI=1S/C10H9FINS/c1-3-14-9-5-7(2)4-8(11)10(9)13-6-12/h3-6H,1H2,2H3/b13-6+. The van der Waals surface area contributed by atoms with Gasteiger partial charge in [-0.3, -0.25) is 0 Å². The second-order valence-corrected chi connectivity index (χ2v) is 4.17. The third-order valence-electron chi connectivity index (χ3n) is 1.56. The molecule has 0 atom stereocenters. The van der Waals surface area contributed by atoms with E-state index in [0.717, 1.165) is 10.5 Å². The lowest BCUT2D eigenvalue weighted by Crippen LogP contribution is -1.83. The van der Waals surface area contributed by atoms with Crippen LogP contribution in [0.4, 0.5) is 10.1 Å². The number of benzene rings is 1. The Hall–Kier alpha value is -0.360. The van der Waals surface area contributed by atoms with E-state index in [1.165, 1.54) is 17.8 Å². The van der Waals surface area contributed by atoms with Gasteiger partial charge < -0.3 is 0 Å². The number of hydrogen-bond donors (Lipinski definition) is 0. The summed E-state index contributed by atoms with van der Waals surface area (Å²) in [6.45, 7) is 5.46. The Balaban J connectivity index is 3.27. The molecule has 0 aliphatic rings. The first kappa shape index (κ1) is 11.7. The number of nitrogens with zero attached hydrogens (tertiary/aromatic N) is 1. The van der Waals surface area contributed by atoms with E-state index in [1.807, 2.05) is 35.6 Å². The van der Waals surface area contributed by atoms with Crippen molar-refractivity contribution in [3.63, 3.8) is 0 Å². The van der Waals surface area contributed by atoms with Gasteiger partial charge in [-0.1, -0.05) is 18.3 Å². The van der Waals surface area contributed by atoms with E-state index < -0.39 is 0 Å². The molecular weight excluding hydrogens is 312 g/mol. The Morgan fingerprint density at radius 3 is 2.86 bits per heavy atom.